The van der Waals surface area contributed by atoms with Crippen molar-refractivity contribution in [3.05, 3.63) is 188 Å². The highest BCUT2D eigenvalue weighted by Gasteiger charge is 2.26. The van der Waals surface area contributed by atoms with Crippen molar-refractivity contribution in [2.75, 3.05) is 4.90 Å². The van der Waals surface area contributed by atoms with E-state index in [2.05, 4.69) is 187 Å². The van der Waals surface area contributed by atoms with Gasteiger partial charge >= 0.3 is 0 Å². The fraction of sp³-hybridized carbons (Fsp3) is 0. The van der Waals surface area contributed by atoms with Gasteiger partial charge in [0.25, 0.3) is 0 Å². The van der Waals surface area contributed by atoms with Gasteiger partial charge in [0.05, 0.1) is 5.69 Å². The van der Waals surface area contributed by atoms with Crippen molar-refractivity contribution in [2.24, 2.45) is 0 Å². The summed E-state index contributed by atoms with van der Waals surface area (Å²) in [6.45, 7) is 0. The summed E-state index contributed by atoms with van der Waals surface area (Å²) < 4.78 is 13.6. The van der Waals surface area contributed by atoms with E-state index in [1.54, 1.807) is 0 Å². The highest BCUT2D eigenvalue weighted by molar-refractivity contribution is 6.23. The Kier molecular flexibility index (Phi) is 6.55. The third kappa shape index (κ3) is 4.68. The molecule has 2 aromatic heterocycles. The standard InChI is InChI=1S/C50H31NO2/c1-2-11-32(12-3-1)34-21-25-37(26-22-34)51(38-27-23-33-13-4-5-15-36(33)31-38)44-29-30-46-48(43-28-24-35-14-6-7-16-39(35)49(43)53-46)47(44)42-19-10-18-41-40-17-8-9-20-45(40)52-50(41)42/h1-31H. The first-order valence-electron chi connectivity index (χ1n) is 18.0. The van der Waals surface area contributed by atoms with Gasteiger partial charge in [0.1, 0.15) is 22.3 Å². The summed E-state index contributed by atoms with van der Waals surface area (Å²) in [5.74, 6) is 0. The normalized spacial score (nSPS) is 11.8. The minimum atomic E-state index is 0.834. The number of benzene rings is 9. The van der Waals surface area contributed by atoms with Crippen molar-refractivity contribution in [3.8, 4) is 22.3 Å². The first-order chi connectivity index (χ1) is 26.3. The fourth-order valence-electron chi connectivity index (χ4n) is 8.16. The van der Waals surface area contributed by atoms with Gasteiger partial charge in [-0.3, -0.25) is 0 Å². The molecule has 0 aliphatic carbocycles. The Morgan fingerprint density at radius 1 is 0.358 bits per heavy atom. The molecule has 0 N–H and O–H groups in total. The van der Waals surface area contributed by atoms with Crippen LogP contribution in [0.1, 0.15) is 0 Å². The van der Waals surface area contributed by atoms with Gasteiger partial charge < -0.3 is 13.7 Å². The number of furan rings is 2. The first kappa shape index (κ1) is 29.6. The fourth-order valence-corrected chi connectivity index (χ4v) is 8.16. The summed E-state index contributed by atoms with van der Waals surface area (Å²) in [5.41, 5.74) is 11.0. The first-order valence-corrected chi connectivity index (χ1v) is 18.0. The molecule has 9 aromatic carbocycles. The van der Waals surface area contributed by atoms with Crippen LogP contribution in [-0.2, 0) is 0 Å². The second kappa shape index (κ2) is 11.7. The summed E-state index contributed by atoms with van der Waals surface area (Å²) in [5, 5.41) is 8.94. The van der Waals surface area contributed by atoms with Gasteiger partial charge in [0.15, 0.2) is 0 Å². The van der Waals surface area contributed by atoms with E-state index in [-0.39, 0.29) is 0 Å². The third-order valence-electron chi connectivity index (χ3n) is 10.6. The topological polar surface area (TPSA) is 29.5 Å². The summed E-state index contributed by atoms with van der Waals surface area (Å²) >= 11 is 0. The van der Waals surface area contributed by atoms with E-state index in [0.717, 1.165) is 82.8 Å². The Morgan fingerprint density at radius 3 is 1.89 bits per heavy atom. The number of anilines is 3. The molecular formula is C50H31NO2. The smallest absolute Gasteiger partial charge is 0.143 e. The van der Waals surface area contributed by atoms with Crippen molar-refractivity contribution >= 4 is 82.5 Å². The molecule has 0 saturated carbocycles. The van der Waals surface area contributed by atoms with Crippen LogP contribution >= 0.6 is 0 Å². The zero-order valence-corrected chi connectivity index (χ0v) is 28.7. The maximum absolute atomic E-state index is 6.82. The van der Waals surface area contributed by atoms with Gasteiger partial charge in [0.2, 0.25) is 0 Å². The molecule has 0 saturated heterocycles. The summed E-state index contributed by atoms with van der Waals surface area (Å²) in [6, 6.07) is 66.7. The molecule has 0 spiro atoms. The third-order valence-corrected chi connectivity index (χ3v) is 10.6. The van der Waals surface area contributed by atoms with Crippen LogP contribution in [0.4, 0.5) is 17.1 Å². The molecule has 53 heavy (non-hydrogen) atoms. The van der Waals surface area contributed by atoms with Crippen molar-refractivity contribution in [3.63, 3.8) is 0 Å². The number of hydrogen-bond donors (Lipinski definition) is 0. The minimum absolute atomic E-state index is 0.834. The van der Waals surface area contributed by atoms with Crippen LogP contribution in [0.15, 0.2) is 197 Å². The molecule has 0 radical (unpaired) electrons. The molecule has 2 heterocycles. The Morgan fingerprint density at radius 2 is 1.02 bits per heavy atom. The van der Waals surface area contributed by atoms with E-state index in [1.807, 2.05) is 6.07 Å². The van der Waals surface area contributed by atoms with Crippen molar-refractivity contribution in [1.29, 1.82) is 0 Å². The van der Waals surface area contributed by atoms with Gasteiger partial charge in [-0.15, -0.1) is 0 Å². The Labute approximate surface area is 305 Å². The number of nitrogens with zero attached hydrogens (tertiary/aromatic N) is 1. The Bertz CT molecular complexity index is 3170. The molecule has 0 aliphatic rings. The maximum atomic E-state index is 6.82. The molecule has 0 aliphatic heterocycles. The van der Waals surface area contributed by atoms with Gasteiger partial charge in [-0.05, 0) is 75.8 Å². The zero-order valence-electron chi connectivity index (χ0n) is 28.7. The molecule has 0 atom stereocenters. The largest absolute Gasteiger partial charge is 0.455 e. The number of fused-ring (bicyclic) bond motifs is 9. The lowest BCUT2D eigenvalue weighted by atomic mass is 9.94. The van der Waals surface area contributed by atoms with E-state index in [0.29, 0.717) is 0 Å². The molecule has 11 aromatic rings. The molecular weight excluding hydrogens is 647 g/mol. The summed E-state index contributed by atoms with van der Waals surface area (Å²) in [6.07, 6.45) is 0. The SMILES string of the molecule is c1ccc(-c2ccc(N(c3ccc4ccccc4c3)c3ccc4oc5c6ccccc6ccc5c4c3-c3cccc4c3oc3ccccc34)cc2)cc1. The van der Waals surface area contributed by atoms with Gasteiger partial charge in [0, 0.05) is 49.4 Å². The highest BCUT2D eigenvalue weighted by Crippen LogP contribution is 2.50. The van der Waals surface area contributed by atoms with E-state index in [4.69, 9.17) is 8.83 Å². The van der Waals surface area contributed by atoms with Crippen LogP contribution in [0.25, 0.3) is 87.7 Å². The quantitative estimate of drug-likeness (QED) is 0.182. The molecule has 0 bridgehead atoms. The van der Waals surface area contributed by atoms with Crippen molar-refractivity contribution in [2.45, 2.75) is 0 Å². The molecule has 11 rings (SSSR count). The van der Waals surface area contributed by atoms with Crippen LogP contribution < -0.4 is 4.90 Å². The number of para-hydroxylation sites is 2. The average Bonchev–Trinajstić information content (AvgIpc) is 3.81. The lowest BCUT2D eigenvalue weighted by Crippen LogP contribution is -2.11. The van der Waals surface area contributed by atoms with Crippen molar-refractivity contribution < 1.29 is 8.83 Å². The van der Waals surface area contributed by atoms with Crippen LogP contribution in [0.5, 0.6) is 0 Å². The number of rotatable bonds is 5. The molecule has 3 nitrogen and oxygen atoms in total. The van der Waals surface area contributed by atoms with E-state index < -0.39 is 0 Å². The van der Waals surface area contributed by atoms with E-state index in [1.165, 1.54) is 21.9 Å². The Hall–Kier alpha value is -7.10. The summed E-state index contributed by atoms with van der Waals surface area (Å²) in [4.78, 5) is 2.39. The molecule has 0 fully saturated rings. The van der Waals surface area contributed by atoms with E-state index >= 15 is 0 Å². The van der Waals surface area contributed by atoms with E-state index in [9.17, 15) is 0 Å². The average molecular weight is 678 g/mol. The minimum Gasteiger partial charge on any atom is -0.455 e. The van der Waals surface area contributed by atoms with Crippen LogP contribution in [0.3, 0.4) is 0 Å². The second-order valence-electron chi connectivity index (χ2n) is 13.7. The predicted octanol–water partition coefficient (Wildman–Crippen LogP) is 14.6. The van der Waals surface area contributed by atoms with Gasteiger partial charge in [-0.2, -0.15) is 0 Å². The lowest BCUT2D eigenvalue weighted by molar-refractivity contribution is 0.670. The van der Waals surface area contributed by atoms with Crippen molar-refractivity contribution in [1.82, 2.24) is 0 Å². The van der Waals surface area contributed by atoms with Gasteiger partial charge in [-0.25, -0.2) is 0 Å². The predicted molar refractivity (Wildman–Crippen MR) is 222 cm³/mol. The molecule has 0 unspecified atom stereocenters. The zero-order chi connectivity index (χ0) is 34.9. The molecule has 248 valence electrons. The second-order valence-corrected chi connectivity index (χ2v) is 13.7. The highest BCUT2D eigenvalue weighted by atomic mass is 16.3. The van der Waals surface area contributed by atoms with Crippen LogP contribution in [0, 0.1) is 0 Å². The monoisotopic (exact) mass is 677 g/mol. The molecule has 0 amide bonds. The lowest BCUT2D eigenvalue weighted by Gasteiger charge is -2.29. The van der Waals surface area contributed by atoms with Gasteiger partial charge in [-0.1, -0.05) is 140 Å². The van der Waals surface area contributed by atoms with Crippen LogP contribution in [0.2, 0.25) is 0 Å². The maximum Gasteiger partial charge on any atom is 0.143 e. The summed E-state index contributed by atoms with van der Waals surface area (Å²) in [7, 11) is 0. The van der Waals surface area contributed by atoms with Crippen LogP contribution in [-0.4, -0.2) is 0 Å². The molecule has 3 heteroatoms. The Balaban J connectivity index is 1.26. The number of hydrogen-bond acceptors (Lipinski definition) is 3.